The summed E-state index contributed by atoms with van der Waals surface area (Å²) in [5, 5.41) is 17.1. The van der Waals surface area contributed by atoms with E-state index in [-0.39, 0.29) is 12.7 Å². The normalized spacial score (nSPS) is 34.0. The van der Waals surface area contributed by atoms with E-state index in [1.54, 1.807) is 0 Å². The molecular formula is C20H25BN4O2. The van der Waals surface area contributed by atoms with Crippen LogP contribution in [0.1, 0.15) is 51.5 Å². The first-order valence-corrected chi connectivity index (χ1v) is 10.1. The third kappa shape index (κ3) is 2.27. The Labute approximate surface area is 159 Å². The van der Waals surface area contributed by atoms with Crippen molar-refractivity contribution >= 4 is 29.3 Å². The van der Waals surface area contributed by atoms with E-state index in [9.17, 15) is 5.11 Å². The first kappa shape index (κ1) is 16.1. The molecule has 2 N–H and O–H groups in total. The largest absolute Gasteiger partial charge is 0.471 e. The first-order valence-electron chi connectivity index (χ1n) is 10.1. The van der Waals surface area contributed by atoms with Crippen molar-refractivity contribution in [2.75, 3.05) is 6.54 Å². The molecule has 2 aliphatic heterocycles. The van der Waals surface area contributed by atoms with Gasteiger partial charge in [-0.05, 0) is 57.9 Å². The fourth-order valence-electron chi connectivity index (χ4n) is 5.76. The Morgan fingerprint density at radius 2 is 2.22 bits per heavy atom. The molecule has 2 aromatic heterocycles. The molecule has 140 valence electrons. The average Bonchev–Trinajstić information content (AvgIpc) is 3.33. The van der Waals surface area contributed by atoms with E-state index in [0.717, 1.165) is 60.9 Å². The van der Waals surface area contributed by atoms with E-state index in [1.165, 1.54) is 5.56 Å². The Bertz CT molecular complexity index is 970. The van der Waals surface area contributed by atoms with Crippen LogP contribution in [0.15, 0.2) is 23.6 Å². The number of aliphatic hydroxyl groups is 1. The van der Waals surface area contributed by atoms with E-state index in [0.29, 0.717) is 11.8 Å². The Morgan fingerprint density at radius 1 is 1.33 bits per heavy atom. The van der Waals surface area contributed by atoms with Crippen LogP contribution in [0, 0.1) is 11.8 Å². The van der Waals surface area contributed by atoms with Crippen molar-refractivity contribution < 1.29 is 9.76 Å². The third-order valence-electron chi connectivity index (χ3n) is 7.16. The number of rotatable bonds is 1. The minimum Gasteiger partial charge on any atom is -0.407 e. The van der Waals surface area contributed by atoms with E-state index >= 15 is 0 Å². The molecule has 3 atom stereocenters. The van der Waals surface area contributed by atoms with Crippen LogP contribution in [-0.4, -0.2) is 50.5 Å². The van der Waals surface area contributed by atoms with E-state index in [2.05, 4.69) is 34.8 Å². The van der Waals surface area contributed by atoms with Gasteiger partial charge in [-0.25, -0.2) is 4.98 Å². The highest BCUT2D eigenvalue weighted by atomic mass is 16.5. The summed E-state index contributed by atoms with van der Waals surface area (Å²) in [6.45, 7) is 5.18. The lowest BCUT2D eigenvalue weighted by Crippen LogP contribution is -2.61. The van der Waals surface area contributed by atoms with E-state index < -0.39 is 5.60 Å². The zero-order chi connectivity index (χ0) is 18.4. The molecule has 2 bridgehead atoms. The molecule has 4 heterocycles. The van der Waals surface area contributed by atoms with Gasteiger partial charge < -0.3 is 19.7 Å². The fraction of sp³-hybridized carbons (Fsp3) is 0.600. The fourth-order valence-corrected chi connectivity index (χ4v) is 5.76. The number of H-pyrrole nitrogens is 1. The van der Waals surface area contributed by atoms with Crippen molar-refractivity contribution in [3.8, 4) is 0 Å². The molecule has 3 fully saturated rings. The van der Waals surface area contributed by atoms with Gasteiger partial charge in [-0.2, -0.15) is 5.10 Å². The van der Waals surface area contributed by atoms with Crippen LogP contribution in [0.25, 0.3) is 11.0 Å². The second kappa shape index (κ2) is 5.14. The lowest BCUT2D eigenvalue weighted by Gasteiger charge is -2.44. The van der Waals surface area contributed by atoms with Gasteiger partial charge in [0.05, 0.1) is 11.3 Å². The average molecular weight is 364 g/mol. The van der Waals surface area contributed by atoms with Crippen LogP contribution in [0.2, 0.25) is 0 Å². The summed E-state index contributed by atoms with van der Waals surface area (Å²) in [5.41, 5.74) is 3.68. The van der Waals surface area contributed by atoms with Crippen molar-refractivity contribution in [1.29, 1.82) is 0 Å². The quantitative estimate of drug-likeness (QED) is 0.760. The lowest BCUT2D eigenvalue weighted by atomic mass is 9.64. The predicted octanol–water partition coefficient (Wildman–Crippen LogP) is 2.03. The lowest BCUT2D eigenvalue weighted by molar-refractivity contribution is 0.0447. The number of hydrazone groups is 1. The summed E-state index contributed by atoms with van der Waals surface area (Å²) < 4.78 is 6.44. The van der Waals surface area contributed by atoms with Crippen molar-refractivity contribution in [3.05, 3.63) is 24.0 Å². The smallest absolute Gasteiger partial charge is 0.407 e. The van der Waals surface area contributed by atoms with Gasteiger partial charge in [-0.15, -0.1) is 0 Å². The molecule has 0 spiro atoms. The summed E-state index contributed by atoms with van der Waals surface area (Å²) in [6.07, 6.45) is 8.65. The maximum atomic E-state index is 10.9. The van der Waals surface area contributed by atoms with Gasteiger partial charge in [0.2, 0.25) is 0 Å². The molecule has 4 aliphatic rings. The molecule has 0 aromatic carbocycles. The van der Waals surface area contributed by atoms with Crippen LogP contribution in [0.4, 0.5) is 0 Å². The number of nitrogens with one attached hydrogen (secondary N) is 1. The van der Waals surface area contributed by atoms with Crippen LogP contribution in [0.5, 0.6) is 0 Å². The highest BCUT2D eigenvalue weighted by Gasteiger charge is 2.53. The van der Waals surface area contributed by atoms with Crippen molar-refractivity contribution in [3.63, 3.8) is 0 Å². The summed E-state index contributed by atoms with van der Waals surface area (Å²) in [7, 11) is -0.180. The van der Waals surface area contributed by atoms with Crippen molar-refractivity contribution in [2.45, 2.75) is 57.2 Å². The second-order valence-electron chi connectivity index (χ2n) is 9.49. The Hall–Kier alpha value is -1.86. The number of hydrogen-bond acceptors (Lipinski definition) is 5. The van der Waals surface area contributed by atoms with Crippen LogP contribution < -0.4 is 5.46 Å². The Morgan fingerprint density at radius 3 is 3.00 bits per heavy atom. The molecule has 2 aromatic rings. The second-order valence-corrected chi connectivity index (χ2v) is 9.49. The summed E-state index contributed by atoms with van der Waals surface area (Å²) >= 11 is 0. The van der Waals surface area contributed by atoms with Gasteiger partial charge in [0.25, 0.3) is 0 Å². The molecule has 1 saturated heterocycles. The zero-order valence-corrected chi connectivity index (χ0v) is 15.9. The molecular weight excluding hydrogens is 339 g/mol. The van der Waals surface area contributed by atoms with Crippen LogP contribution in [0.3, 0.4) is 0 Å². The highest BCUT2D eigenvalue weighted by molar-refractivity contribution is 6.68. The number of hydrogen-bond donors (Lipinski definition) is 2. The molecule has 1 unspecified atom stereocenters. The molecule has 2 saturated carbocycles. The number of nitrogens with zero attached hydrogens (tertiary/aromatic N) is 3. The molecule has 2 aliphatic carbocycles. The van der Waals surface area contributed by atoms with Gasteiger partial charge in [0, 0.05) is 46.9 Å². The molecule has 27 heavy (non-hydrogen) atoms. The van der Waals surface area contributed by atoms with Crippen molar-refractivity contribution in [2.24, 2.45) is 16.9 Å². The SMILES string of the molecule is CC1(C)CCN2N=C([C@H]3CC4(O)CC[C@H]3C4)c3c(cnc4[nH]ccc34)B2O1. The Kier molecular flexibility index (Phi) is 3.07. The number of fused-ring (bicyclic) bond motifs is 7. The minimum atomic E-state index is -0.487. The van der Waals surface area contributed by atoms with E-state index in [1.807, 2.05) is 12.4 Å². The van der Waals surface area contributed by atoms with Crippen molar-refractivity contribution in [1.82, 2.24) is 14.9 Å². The number of aromatic nitrogens is 2. The van der Waals surface area contributed by atoms with E-state index in [4.69, 9.17) is 9.76 Å². The topological polar surface area (TPSA) is 73.7 Å². The first-order chi connectivity index (χ1) is 12.9. The monoisotopic (exact) mass is 364 g/mol. The van der Waals surface area contributed by atoms with Crippen LogP contribution in [-0.2, 0) is 4.65 Å². The minimum absolute atomic E-state index is 0.167. The maximum Gasteiger partial charge on any atom is 0.471 e. The highest BCUT2D eigenvalue weighted by Crippen LogP contribution is 2.52. The molecule has 6 rings (SSSR count). The standard InChI is InChI=1S/C20H25BN4O2/c1-19(2)6-8-25-21(27-19)15-11-23-18-13(4-7-22-18)16(15)17(24-25)14-10-20(26)5-3-12(14)9-20/h4,7,11-12,14,26H,3,5-6,8-10H2,1-2H3,(H,22,23)/t12-,14-,20?/m0/s1. The molecule has 6 nitrogen and oxygen atoms in total. The van der Waals surface area contributed by atoms with Gasteiger partial charge in [0.15, 0.2) is 0 Å². The van der Waals surface area contributed by atoms with Crippen LogP contribution >= 0.6 is 0 Å². The summed E-state index contributed by atoms with van der Waals surface area (Å²) in [6, 6.07) is 2.10. The molecule has 7 heteroatoms. The number of aromatic amines is 1. The Balaban J connectivity index is 1.53. The summed E-state index contributed by atoms with van der Waals surface area (Å²) in [5.74, 6) is 0.848. The van der Waals surface area contributed by atoms with Gasteiger partial charge in [-0.1, -0.05) is 0 Å². The van der Waals surface area contributed by atoms with Gasteiger partial charge in [0.1, 0.15) is 5.65 Å². The predicted molar refractivity (Wildman–Crippen MR) is 105 cm³/mol. The zero-order valence-electron chi connectivity index (χ0n) is 15.9. The summed E-state index contributed by atoms with van der Waals surface area (Å²) in [4.78, 5) is 10.0. The number of pyridine rings is 1. The third-order valence-corrected chi connectivity index (χ3v) is 7.16. The van der Waals surface area contributed by atoms with Gasteiger partial charge in [-0.3, -0.25) is 0 Å². The van der Waals surface area contributed by atoms with Gasteiger partial charge >= 0.3 is 7.05 Å². The molecule has 0 amide bonds. The maximum absolute atomic E-state index is 10.9. The molecule has 0 radical (unpaired) electrons.